The quantitative estimate of drug-likeness (QED) is 0.0294. The van der Waals surface area contributed by atoms with Gasteiger partial charge in [-0.05, 0) is 83.5 Å². The molecule has 8 nitrogen and oxygen atoms in total. The number of unbranched alkanes of at least 4 members (excludes halogenated alkanes) is 10. The van der Waals surface area contributed by atoms with E-state index in [9.17, 15) is 19.5 Å². The van der Waals surface area contributed by atoms with Crippen LogP contribution >= 0.6 is 0 Å². The molecule has 0 aliphatic heterocycles. The summed E-state index contributed by atoms with van der Waals surface area (Å²) in [5.41, 5.74) is 0. The van der Waals surface area contributed by atoms with Gasteiger partial charge in [0.05, 0.1) is 34.4 Å². The first-order valence-electron chi connectivity index (χ1n) is 21.0. The number of allylic oxidation sites excluding steroid dienone is 12. The van der Waals surface area contributed by atoms with Gasteiger partial charge in [-0.1, -0.05) is 119 Å². The van der Waals surface area contributed by atoms with E-state index in [0.29, 0.717) is 19.3 Å². The van der Waals surface area contributed by atoms with Crippen molar-refractivity contribution < 1.29 is 38.2 Å². The first-order chi connectivity index (χ1) is 26.1. The van der Waals surface area contributed by atoms with Gasteiger partial charge in [-0.15, -0.1) is 0 Å². The second-order valence-corrected chi connectivity index (χ2v) is 14.9. The third-order valence-corrected chi connectivity index (χ3v) is 8.84. The maximum Gasteiger partial charge on any atom is 0.362 e. The minimum atomic E-state index is -0.887. The second kappa shape index (κ2) is 36.7. The number of nitrogens with zero attached hydrogens (tertiary/aromatic N) is 1. The number of carbonyl (C=O) groups excluding carboxylic acids is 2. The van der Waals surface area contributed by atoms with Gasteiger partial charge >= 0.3 is 17.9 Å². The van der Waals surface area contributed by atoms with Crippen molar-refractivity contribution in [2.45, 2.75) is 161 Å². The smallest absolute Gasteiger partial charge is 0.362 e. The van der Waals surface area contributed by atoms with E-state index >= 15 is 0 Å². The van der Waals surface area contributed by atoms with Gasteiger partial charge in [0.15, 0.2) is 12.1 Å². The molecule has 0 aromatic carbocycles. The maximum atomic E-state index is 12.7. The molecule has 0 aliphatic carbocycles. The van der Waals surface area contributed by atoms with Gasteiger partial charge in [-0.25, -0.2) is 4.79 Å². The number of carboxylic acid groups (broad SMARTS) is 1. The summed E-state index contributed by atoms with van der Waals surface area (Å²) in [6.45, 7) is 4.50. The Morgan fingerprint density at radius 1 is 0.574 bits per heavy atom. The van der Waals surface area contributed by atoms with Crippen molar-refractivity contribution in [1.82, 2.24) is 0 Å². The van der Waals surface area contributed by atoms with E-state index in [-0.39, 0.29) is 36.2 Å². The molecule has 2 unspecified atom stereocenters. The maximum absolute atomic E-state index is 12.7. The van der Waals surface area contributed by atoms with Crippen LogP contribution in [-0.4, -0.2) is 80.6 Å². The Bertz CT molecular complexity index is 1110. The van der Waals surface area contributed by atoms with Crippen LogP contribution in [0.1, 0.15) is 149 Å². The molecule has 0 saturated carbocycles. The number of quaternary nitrogens is 1. The molecule has 54 heavy (non-hydrogen) atoms. The zero-order chi connectivity index (χ0) is 40.0. The summed E-state index contributed by atoms with van der Waals surface area (Å²) >= 11 is 0. The number of esters is 2. The molecule has 308 valence electrons. The van der Waals surface area contributed by atoms with Crippen LogP contribution in [0, 0.1) is 0 Å². The number of aliphatic carboxylic acids is 1. The standard InChI is InChI=1S/C46H77NO7/c1-6-8-10-12-14-16-17-18-19-20-21-22-23-24-25-26-27-29-31-33-35-37-45(49)54-42(40-52-39-38-43(46(50)51)47(3,4)5)41-53-44(48)36-34-32-30-28-15-13-11-9-7-2/h9,11,14-16,18-19,21-22,24-25,28,42-43H,6-8,10,12-13,17,20,23,26-27,29-41H2,1-5H3/p+1/b11-9+,16-14+,19-18+,22-21+,25-24+,28-15+. The van der Waals surface area contributed by atoms with Gasteiger partial charge in [-0.3, -0.25) is 9.59 Å². The number of carboxylic acids is 1. The summed E-state index contributed by atoms with van der Waals surface area (Å²) in [6, 6.07) is -0.625. The lowest BCUT2D eigenvalue weighted by Gasteiger charge is -2.31. The predicted octanol–water partition coefficient (Wildman–Crippen LogP) is 11.2. The first-order valence-corrected chi connectivity index (χ1v) is 21.0. The third-order valence-electron chi connectivity index (χ3n) is 8.84. The van der Waals surface area contributed by atoms with Crippen molar-refractivity contribution in [3.8, 4) is 0 Å². The molecule has 0 amide bonds. The highest BCUT2D eigenvalue weighted by atomic mass is 16.6. The SMILES string of the molecule is CC/C=C/C/C=C/CCCCC(=O)OCC(COCCC(C(=O)O)[N+](C)(C)C)OC(=O)CCCCCCC/C=C/C/C=C/C/C=C/C/C=C/CCCCC. The highest BCUT2D eigenvalue weighted by molar-refractivity contribution is 5.72. The molecule has 0 aromatic heterocycles. The van der Waals surface area contributed by atoms with E-state index in [2.05, 4.69) is 86.8 Å². The van der Waals surface area contributed by atoms with Crippen LogP contribution in [0.3, 0.4) is 0 Å². The Labute approximate surface area is 330 Å². The molecule has 0 aliphatic rings. The van der Waals surface area contributed by atoms with Gasteiger partial charge in [-0.2, -0.15) is 0 Å². The van der Waals surface area contributed by atoms with Gasteiger partial charge < -0.3 is 23.8 Å². The molecule has 2 atom stereocenters. The zero-order valence-electron chi connectivity index (χ0n) is 34.9. The Balaban J connectivity index is 4.38. The summed E-state index contributed by atoms with van der Waals surface area (Å²) in [5.74, 6) is -1.55. The minimum absolute atomic E-state index is 0.0389. The van der Waals surface area contributed by atoms with Crippen molar-refractivity contribution in [1.29, 1.82) is 0 Å². The molecular weight excluding hydrogens is 679 g/mol. The molecular formula is C46H78NO7+. The molecule has 0 saturated heterocycles. The Morgan fingerprint density at radius 2 is 1.04 bits per heavy atom. The fourth-order valence-corrected chi connectivity index (χ4v) is 5.58. The van der Waals surface area contributed by atoms with E-state index in [1.165, 1.54) is 25.7 Å². The summed E-state index contributed by atoms with van der Waals surface area (Å²) in [5, 5.41) is 9.59. The van der Waals surface area contributed by atoms with E-state index in [1.54, 1.807) is 0 Å². The molecule has 0 spiro atoms. The molecule has 0 heterocycles. The van der Waals surface area contributed by atoms with Gasteiger partial charge in [0.2, 0.25) is 0 Å². The van der Waals surface area contributed by atoms with Gasteiger partial charge in [0.1, 0.15) is 6.61 Å². The number of likely N-dealkylation sites (N-methyl/N-ethyl adjacent to an activating group) is 1. The van der Waals surface area contributed by atoms with Crippen LogP contribution in [0.4, 0.5) is 0 Å². The van der Waals surface area contributed by atoms with Crippen molar-refractivity contribution in [3.05, 3.63) is 72.9 Å². The van der Waals surface area contributed by atoms with E-state index in [4.69, 9.17) is 14.2 Å². The lowest BCUT2D eigenvalue weighted by Crippen LogP contribution is -2.50. The topological polar surface area (TPSA) is 99.1 Å². The van der Waals surface area contributed by atoms with E-state index in [1.807, 2.05) is 21.1 Å². The summed E-state index contributed by atoms with van der Waals surface area (Å²) in [4.78, 5) is 36.8. The van der Waals surface area contributed by atoms with Gasteiger partial charge in [0, 0.05) is 19.3 Å². The largest absolute Gasteiger partial charge is 0.477 e. The number of hydrogen-bond acceptors (Lipinski definition) is 6. The van der Waals surface area contributed by atoms with Crippen LogP contribution in [0.25, 0.3) is 0 Å². The minimum Gasteiger partial charge on any atom is -0.477 e. The molecule has 0 rings (SSSR count). The van der Waals surface area contributed by atoms with Crippen molar-refractivity contribution in [2.75, 3.05) is 41.0 Å². The Morgan fingerprint density at radius 3 is 1.57 bits per heavy atom. The average molecular weight is 757 g/mol. The van der Waals surface area contributed by atoms with E-state index in [0.717, 1.165) is 89.9 Å². The van der Waals surface area contributed by atoms with Crippen LogP contribution < -0.4 is 0 Å². The average Bonchev–Trinajstić information content (AvgIpc) is 3.12. The number of hydrogen-bond donors (Lipinski definition) is 1. The Hall–Kier alpha value is -3.23. The molecule has 0 aromatic rings. The molecule has 8 heteroatoms. The first kappa shape index (κ1) is 50.8. The highest BCUT2D eigenvalue weighted by Gasteiger charge is 2.31. The second-order valence-electron chi connectivity index (χ2n) is 14.9. The van der Waals surface area contributed by atoms with Crippen LogP contribution in [0.15, 0.2) is 72.9 Å². The normalized spacial score (nSPS) is 13.7. The zero-order valence-corrected chi connectivity index (χ0v) is 34.9. The number of ether oxygens (including phenoxy) is 3. The van der Waals surface area contributed by atoms with Crippen LogP contribution in [0.2, 0.25) is 0 Å². The number of rotatable bonds is 36. The lowest BCUT2D eigenvalue weighted by molar-refractivity contribution is -0.887. The molecule has 0 fully saturated rings. The van der Waals surface area contributed by atoms with E-state index < -0.39 is 18.1 Å². The summed E-state index contributed by atoms with van der Waals surface area (Å²) < 4.78 is 17.1. The molecule has 0 radical (unpaired) electrons. The molecule has 0 bridgehead atoms. The summed E-state index contributed by atoms with van der Waals surface area (Å²) in [6.07, 6.45) is 45.3. The van der Waals surface area contributed by atoms with Crippen molar-refractivity contribution >= 4 is 17.9 Å². The van der Waals surface area contributed by atoms with Crippen LogP contribution in [0.5, 0.6) is 0 Å². The molecule has 1 N–H and O–H groups in total. The fourth-order valence-electron chi connectivity index (χ4n) is 5.58. The van der Waals surface area contributed by atoms with Gasteiger partial charge in [0.25, 0.3) is 0 Å². The monoisotopic (exact) mass is 757 g/mol. The fraction of sp³-hybridized carbons (Fsp3) is 0.674. The van der Waals surface area contributed by atoms with Crippen molar-refractivity contribution in [3.63, 3.8) is 0 Å². The Kier molecular flexibility index (Phi) is 34.5. The highest BCUT2D eigenvalue weighted by Crippen LogP contribution is 2.12. The van der Waals surface area contributed by atoms with Crippen molar-refractivity contribution in [2.24, 2.45) is 0 Å². The summed E-state index contributed by atoms with van der Waals surface area (Å²) in [7, 11) is 5.49. The van der Waals surface area contributed by atoms with Crippen LogP contribution in [-0.2, 0) is 28.6 Å². The predicted molar refractivity (Wildman–Crippen MR) is 224 cm³/mol. The third kappa shape index (κ3) is 34.5. The number of carbonyl (C=O) groups is 3. The lowest BCUT2D eigenvalue weighted by atomic mass is 10.1.